The van der Waals surface area contributed by atoms with Gasteiger partial charge < -0.3 is 5.11 Å². The zero-order chi connectivity index (χ0) is 10.3. The van der Waals surface area contributed by atoms with Crippen molar-refractivity contribution >= 4 is 0 Å². The highest BCUT2D eigenvalue weighted by Gasteiger charge is 2.47. The first-order valence-electron chi connectivity index (χ1n) is 4.47. The first-order chi connectivity index (χ1) is 5.72. The summed E-state index contributed by atoms with van der Waals surface area (Å²) in [7, 11) is 0. The molecule has 1 rings (SSSR count). The summed E-state index contributed by atoms with van der Waals surface area (Å²) in [6, 6.07) is 0. The maximum absolute atomic E-state index is 12.1. The van der Waals surface area contributed by atoms with E-state index < -0.39 is 18.2 Å². The lowest BCUT2D eigenvalue weighted by molar-refractivity contribution is -0.219. The van der Waals surface area contributed by atoms with Crippen LogP contribution >= 0.6 is 0 Å². The van der Waals surface area contributed by atoms with Crippen molar-refractivity contribution in [1.29, 1.82) is 0 Å². The molecule has 1 saturated carbocycles. The first-order valence-corrected chi connectivity index (χ1v) is 4.47. The molecule has 78 valence electrons. The summed E-state index contributed by atoms with van der Waals surface area (Å²) in [5.41, 5.74) is -0.0447. The third-order valence-electron chi connectivity index (χ3n) is 2.79. The van der Waals surface area contributed by atoms with Crippen molar-refractivity contribution < 1.29 is 18.3 Å². The van der Waals surface area contributed by atoms with E-state index in [4.69, 9.17) is 5.11 Å². The Balaban J connectivity index is 2.57. The van der Waals surface area contributed by atoms with Gasteiger partial charge in [-0.15, -0.1) is 0 Å². The molecular formula is C9H15F3O. The van der Waals surface area contributed by atoms with Crippen LogP contribution in [0.25, 0.3) is 0 Å². The van der Waals surface area contributed by atoms with Gasteiger partial charge >= 0.3 is 6.18 Å². The van der Waals surface area contributed by atoms with Gasteiger partial charge in [0.05, 0.1) is 0 Å². The van der Waals surface area contributed by atoms with E-state index in [1.54, 1.807) is 0 Å². The fourth-order valence-electron chi connectivity index (χ4n) is 2.03. The summed E-state index contributed by atoms with van der Waals surface area (Å²) in [6.07, 6.45) is -4.87. The predicted molar refractivity (Wildman–Crippen MR) is 43.2 cm³/mol. The molecule has 0 spiro atoms. The smallest absolute Gasteiger partial charge is 0.383 e. The minimum absolute atomic E-state index is 0.0447. The van der Waals surface area contributed by atoms with Crippen molar-refractivity contribution in [1.82, 2.24) is 0 Å². The van der Waals surface area contributed by atoms with Crippen molar-refractivity contribution in [3.8, 4) is 0 Å². The van der Waals surface area contributed by atoms with Crippen LogP contribution in [0, 0.1) is 11.3 Å². The van der Waals surface area contributed by atoms with Crippen LogP contribution in [0.4, 0.5) is 13.2 Å². The van der Waals surface area contributed by atoms with Crippen molar-refractivity contribution in [2.45, 2.75) is 45.4 Å². The van der Waals surface area contributed by atoms with E-state index in [9.17, 15) is 13.2 Å². The highest BCUT2D eigenvalue weighted by atomic mass is 19.4. The zero-order valence-electron chi connectivity index (χ0n) is 7.86. The van der Waals surface area contributed by atoms with Crippen LogP contribution in [0.3, 0.4) is 0 Å². The number of hydrogen-bond acceptors (Lipinski definition) is 1. The molecule has 1 fully saturated rings. The van der Waals surface area contributed by atoms with Crippen LogP contribution in [-0.4, -0.2) is 17.4 Å². The molecule has 0 bridgehead atoms. The predicted octanol–water partition coefficient (Wildman–Crippen LogP) is 2.74. The topological polar surface area (TPSA) is 20.2 Å². The van der Waals surface area contributed by atoms with E-state index in [0.717, 1.165) is 6.42 Å². The summed E-state index contributed by atoms with van der Waals surface area (Å²) >= 11 is 0. The molecule has 0 aliphatic heterocycles. The maximum atomic E-state index is 12.1. The Morgan fingerprint density at radius 1 is 1.38 bits per heavy atom. The summed E-state index contributed by atoms with van der Waals surface area (Å²) in [4.78, 5) is 0. The highest BCUT2D eigenvalue weighted by molar-refractivity contribution is 4.88. The average molecular weight is 196 g/mol. The maximum Gasteiger partial charge on any atom is 0.414 e. The van der Waals surface area contributed by atoms with E-state index in [1.165, 1.54) is 0 Å². The molecule has 0 radical (unpaired) electrons. The molecule has 2 atom stereocenters. The molecule has 13 heavy (non-hydrogen) atoms. The van der Waals surface area contributed by atoms with E-state index in [-0.39, 0.29) is 5.41 Å². The molecule has 1 aliphatic rings. The van der Waals surface area contributed by atoms with Crippen molar-refractivity contribution in [3.05, 3.63) is 0 Å². The Kier molecular flexibility index (Phi) is 2.63. The summed E-state index contributed by atoms with van der Waals surface area (Å²) in [5.74, 6) is -0.602. The lowest BCUT2D eigenvalue weighted by atomic mass is 9.89. The number of rotatable bonds is 1. The Hall–Kier alpha value is -0.250. The number of hydrogen-bond donors (Lipinski definition) is 1. The fraction of sp³-hybridized carbons (Fsp3) is 1.00. The summed E-state index contributed by atoms with van der Waals surface area (Å²) < 4.78 is 36.3. The average Bonchev–Trinajstić information content (AvgIpc) is 2.26. The molecule has 0 aromatic heterocycles. The number of aliphatic hydroxyl groups is 1. The molecule has 0 saturated heterocycles. The van der Waals surface area contributed by atoms with Gasteiger partial charge in [0, 0.05) is 0 Å². The van der Waals surface area contributed by atoms with Gasteiger partial charge in [0.2, 0.25) is 0 Å². The Morgan fingerprint density at radius 2 is 1.92 bits per heavy atom. The second-order valence-electron chi connectivity index (χ2n) is 4.65. The summed E-state index contributed by atoms with van der Waals surface area (Å²) in [5, 5.41) is 8.99. The highest BCUT2D eigenvalue weighted by Crippen LogP contribution is 2.45. The SMILES string of the molecule is CC1(C)CCC(C(O)C(F)(F)F)C1. The molecule has 0 aromatic carbocycles. The molecule has 1 nitrogen and oxygen atoms in total. The summed E-state index contributed by atoms with van der Waals surface area (Å²) in [6.45, 7) is 3.88. The number of alkyl halides is 3. The van der Waals surface area contributed by atoms with Crippen molar-refractivity contribution in [2.24, 2.45) is 11.3 Å². The molecule has 0 aromatic rings. The van der Waals surface area contributed by atoms with Crippen LogP contribution in [0.5, 0.6) is 0 Å². The van der Waals surface area contributed by atoms with Gasteiger partial charge in [-0.2, -0.15) is 13.2 Å². The molecule has 4 heteroatoms. The van der Waals surface area contributed by atoms with Gasteiger partial charge in [-0.05, 0) is 30.6 Å². The Morgan fingerprint density at radius 3 is 2.23 bits per heavy atom. The Bertz CT molecular complexity index is 186. The third-order valence-corrected chi connectivity index (χ3v) is 2.79. The van der Waals surface area contributed by atoms with E-state index in [1.807, 2.05) is 13.8 Å². The first kappa shape index (κ1) is 10.8. The van der Waals surface area contributed by atoms with Crippen molar-refractivity contribution in [3.63, 3.8) is 0 Å². The van der Waals surface area contributed by atoms with Crippen LogP contribution in [0.15, 0.2) is 0 Å². The van der Waals surface area contributed by atoms with Gasteiger partial charge in [0.15, 0.2) is 6.10 Å². The Labute approximate surface area is 75.9 Å². The standard InChI is InChI=1S/C9H15F3O/c1-8(2)4-3-6(5-8)7(13)9(10,11)12/h6-7,13H,3-5H2,1-2H3. The van der Waals surface area contributed by atoms with Gasteiger partial charge in [0.25, 0.3) is 0 Å². The second kappa shape index (κ2) is 3.15. The minimum Gasteiger partial charge on any atom is -0.383 e. The number of aliphatic hydroxyl groups excluding tert-OH is 1. The molecule has 1 N–H and O–H groups in total. The van der Waals surface area contributed by atoms with Crippen LogP contribution in [0.1, 0.15) is 33.1 Å². The van der Waals surface area contributed by atoms with E-state index in [0.29, 0.717) is 12.8 Å². The molecule has 0 amide bonds. The van der Waals surface area contributed by atoms with Crippen LogP contribution in [0.2, 0.25) is 0 Å². The lowest BCUT2D eigenvalue weighted by Crippen LogP contribution is -2.35. The second-order valence-corrected chi connectivity index (χ2v) is 4.65. The molecule has 1 aliphatic carbocycles. The van der Waals surface area contributed by atoms with Gasteiger partial charge in [-0.1, -0.05) is 13.8 Å². The third kappa shape index (κ3) is 2.59. The minimum atomic E-state index is -4.45. The van der Waals surface area contributed by atoms with Gasteiger partial charge in [-0.25, -0.2) is 0 Å². The fourth-order valence-corrected chi connectivity index (χ4v) is 2.03. The van der Waals surface area contributed by atoms with Crippen LogP contribution < -0.4 is 0 Å². The molecule has 0 heterocycles. The van der Waals surface area contributed by atoms with E-state index in [2.05, 4.69) is 0 Å². The van der Waals surface area contributed by atoms with Crippen LogP contribution in [-0.2, 0) is 0 Å². The van der Waals surface area contributed by atoms with Gasteiger partial charge in [-0.3, -0.25) is 0 Å². The quantitative estimate of drug-likeness (QED) is 0.683. The molecule has 2 unspecified atom stereocenters. The van der Waals surface area contributed by atoms with Gasteiger partial charge in [0.1, 0.15) is 0 Å². The zero-order valence-corrected chi connectivity index (χ0v) is 7.86. The lowest BCUT2D eigenvalue weighted by Gasteiger charge is -2.22. The normalized spacial score (nSPS) is 30.5. The van der Waals surface area contributed by atoms with E-state index >= 15 is 0 Å². The molecular weight excluding hydrogens is 181 g/mol. The van der Waals surface area contributed by atoms with Crippen molar-refractivity contribution in [2.75, 3.05) is 0 Å². The number of halogens is 3. The largest absolute Gasteiger partial charge is 0.414 e. The monoisotopic (exact) mass is 196 g/mol.